The molecule has 0 unspecified atom stereocenters. The first-order valence-electron chi connectivity index (χ1n) is 6.60. The maximum absolute atomic E-state index is 12.5. The highest BCUT2D eigenvalue weighted by molar-refractivity contribution is 6.34. The van der Waals surface area contributed by atoms with Gasteiger partial charge in [0.05, 0.1) is 17.2 Å². The van der Waals surface area contributed by atoms with E-state index in [-0.39, 0.29) is 18.5 Å². The lowest BCUT2D eigenvalue weighted by Crippen LogP contribution is -2.41. The Balaban J connectivity index is 3.00. The minimum atomic E-state index is -0.418. The van der Waals surface area contributed by atoms with Gasteiger partial charge in [-0.3, -0.25) is 9.59 Å². The molecule has 4 nitrogen and oxygen atoms in total. The predicted octanol–water partition coefficient (Wildman–Crippen LogP) is 3.06. The lowest BCUT2D eigenvalue weighted by Gasteiger charge is -2.26. The monoisotopic (exact) mass is 297 g/mol. The van der Waals surface area contributed by atoms with E-state index in [0.29, 0.717) is 17.2 Å². The number of ether oxygens (including phenoxy) is 1. The van der Waals surface area contributed by atoms with Crippen LogP contribution < -0.4 is 0 Å². The molecule has 0 bridgehead atoms. The first-order chi connectivity index (χ1) is 9.38. The molecule has 1 rings (SSSR count). The quantitative estimate of drug-likeness (QED) is 0.785. The molecule has 0 heterocycles. The second-order valence-corrected chi connectivity index (χ2v) is 5.15. The van der Waals surface area contributed by atoms with Crippen molar-refractivity contribution in [3.05, 3.63) is 34.3 Å². The molecule has 0 aromatic heterocycles. The number of nitrogens with zero attached hydrogens (tertiary/aromatic N) is 1. The summed E-state index contributed by atoms with van der Waals surface area (Å²) in [4.78, 5) is 25.6. The van der Waals surface area contributed by atoms with Crippen molar-refractivity contribution in [2.45, 2.75) is 33.7 Å². The van der Waals surface area contributed by atoms with Crippen molar-refractivity contribution in [3.63, 3.8) is 0 Å². The third kappa shape index (κ3) is 3.97. The van der Waals surface area contributed by atoms with Crippen LogP contribution in [0.4, 0.5) is 0 Å². The Morgan fingerprint density at radius 1 is 1.35 bits per heavy atom. The fraction of sp³-hybridized carbons (Fsp3) is 0.467. The Labute approximate surface area is 124 Å². The third-order valence-corrected chi connectivity index (χ3v) is 3.41. The van der Waals surface area contributed by atoms with Gasteiger partial charge in [0.2, 0.25) is 0 Å². The second kappa shape index (κ2) is 7.29. The summed E-state index contributed by atoms with van der Waals surface area (Å²) in [6.45, 7) is 7.49. The number of carbonyl (C=O) groups is 2. The number of benzene rings is 1. The molecular weight excluding hydrogens is 278 g/mol. The molecule has 0 fully saturated rings. The standard InChI is InChI=1S/C15H20ClNO3/c1-5-20-13(18)9-17(10(2)3)15(19)12-8-6-7-11(4)14(12)16/h6-8,10H,5,9H2,1-4H3. The van der Waals surface area contributed by atoms with Crippen LogP contribution in [0, 0.1) is 6.92 Å². The zero-order chi connectivity index (χ0) is 15.3. The highest BCUT2D eigenvalue weighted by Crippen LogP contribution is 2.22. The van der Waals surface area contributed by atoms with Gasteiger partial charge in [0.15, 0.2) is 0 Å². The van der Waals surface area contributed by atoms with Crippen LogP contribution in [0.1, 0.15) is 36.7 Å². The van der Waals surface area contributed by atoms with Crippen LogP contribution in [-0.2, 0) is 9.53 Å². The van der Waals surface area contributed by atoms with Crippen LogP contribution in [0.3, 0.4) is 0 Å². The van der Waals surface area contributed by atoms with Gasteiger partial charge in [-0.1, -0.05) is 23.7 Å². The Morgan fingerprint density at radius 3 is 2.55 bits per heavy atom. The average Bonchev–Trinajstić information content (AvgIpc) is 2.38. The molecule has 5 heteroatoms. The molecule has 20 heavy (non-hydrogen) atoms. The van der Waals surface area contributed by atoms with E-state index in [4.69, 9.17) is 16.3 Å². The lowest BCUT2D eigenvalue weighted by molar-refractivity contribution is -0.144. The van der Waals surface area contributed by atoms with Crippen LogP contribution in [0.15, 0.2) is 18.2 Å². The van der Waals surface area contributed by atoms with Crippen molar-refractivity contribution in [3.8, 4) is 0 Å². The molecule has 0 radical (unpaired) electrons. The lowest BCUT2D eigenvalue weighted by atomic mass is 10.1. The summed E-state index contributed by atoms with van der Waals surface area (Å²) in [5.74, 6) is -0.680. The topological polar surface area (TPSA) is 46.6 Å². The molecule has 0 aliphatic carbocycles. The maximum Gasteiger partial charge on any atom is 0.325 e. The number of halogens is 1. The van der Waals surface area contributed by atoms with E-state index in [1.54, 1.807) is 19.1 Å². The molecule has 0 spiro atoms. The Morgan fingerprint density at radius 2 is 2.00 bits per heavy atom. The molecule has 110 valence electrons. The molecule has 0 saturated carbocycles. The highest BCUT2D eigenvalue weighted by atomic mass is 35.5. The number of aryl methyl sites for hydroxylation is 1. The van der Waals surface area contributed by atoms with Gasteiger partial charge in [-0.2, -0.15) is 0 Å². The van der Waals surface area contributed by atoms with E-state index in [1.807, 2.05) is 26.8 Å². The van der Waals surface area contributed by atoms with Gasteiger partial charge in [-0.05, 0) is 39.3 Å². The Bertz CT molecular complexity index is 500. The normalized spacial score (nSPS) is 10.5. The summed E-state index contributed by atoms with van der Waals surface area (Å²) in [5, 5.41) is 0.423. The summed E-state index contributed by atoms with van der Waals surface area (Å²) in [5.41, 5.74) is 1.24. The zero-order valence-corrected chi connectivity index (χ0v) is 13.0. The van der Waals surface area contributed by atoms with E-state index < -0.39 is 5.97 Å². The molecule has 0 saturated heterocycles. The van der Waals surface area contributed by atoms with Gasteiger partial charge in [-0.15, -0.1) is 0 Å². The number of amides is 1. The smallest absolute Gasteiger partial charge is 0.325 e. The molecule has 1 aromatic rings. The van der Waals surface area contributed by atoms with Crippen LogP contribution >= 0.6 is 11.6 Å². The van der Waals surface area contributed by atoms with Crippen LogP contribution in [0.5, 0.6) is 0 Å². The first-order valence-corrected chi connectivity index (χ1v) is 6.98. The number of hydrogen-bond donors (Lipinski definition) is 0. The predicted molar refractivity (Wildman–Crippen MR) is 79.0 cm³/mol. The van der Waals surface area contributed by atoms with Gasteiger partial charge in [0.25, 0.3) is 5.91 Å². The van der Waals surface area contributed by atoms with E-state index in [0.717, 1.165) is 5.56 Å². The Hall–Kier alpha value is -1.55. The van der Waals surface area contributed by atoms with Gasteiger partial charge in [0.1, 0.15) is 6.54 Å². The second-order valence-electron chi connectivity index (χ2n) is 4.77. The number of esters is 1. The summed E-state index contributed by atoms with van der Waals surface area (Å²) < 4.78 is 4.90. The Kier molecular flexibility index (Phi) is 6.02. The van der Waals surface area contributed by atoms with Gasteiger partial charge in [0, 0.05) is 6.04 Å². The minimum Gasteiger partial charge on any atom is -0.465 e. The molecule has 1 amide bonds. The third-order valence-electron chi connectivity index (χ3n) is 2.91. The van der Waals surface area contributed by atoms with Crippen molar-refractivity contribution < 1.29 is 14.3 Å². The molecule has 0 atom stereocenters. The van der Waals surface area contributed by atoms with Gasteiger partial charge < -0.3 is 9.64 Å². The fourth-order valence-corrected chi connectivity index (χ4v) is 2.01. The van der Waals surface area contributed by atoms with Crippen molar-refractivity contribution in [1.29, 1.82) is 0 Å². The van der Waals surface area contributed by atoms with Crippen molar-refractivity contribution in [2.24, 2.45) is 0 Å². The minimum absolute atomic E-state index is 0.0748. The number of rotatable bonds is 5. The summed E-state index contributed by atoms with van der Waals surface area (Å²) >= 11 is 6.17. The van der Waals surface area contributed by atoms with E-state index >= 15 is 0 Å². The molecular formula is C15H20ClNO3. The van der Waals surface area contributed by atoms with Crippen LogP contribution in [0.25, 0.3) is 0 Å². The van der Waals surface area contributed by atoms with Crippen LogP contribution in [0.2, 0.25) is 5.02 Å². The van der Waals surface area contributed by atoms with E-state index in [2.05, 4.69) is 0 Å². The van der Waals surface area contributed by atoms with E-state index in [1.165, 1.54) is 4.90 Å². The zero-order valence-electron chi connectivity index (χ0n) is 12.3. The molecule has 0 N–H and O–H groups in total. The largest absolute Gasteiger partial charge is 0.465 e. The maximum atomic E-state index is 12.5. The fourth-order valence-electron chi connectivity index (χ4n) is 1.80. The molecule has 1 aromatic carbocycles. The van der Waals surface area contributed by atoms with Crippen molar-refractivity contribution >= 4 is 23.5 Å². The van der Waals surface area contributed by atoms with Gasteiger partial charge >= 0.3 is 5.97 Å². The highest BCUT2D eigenvalue weighted by Gasteiger charge is 2.24. The molecule has 0 aliphatic heterocycles. The first kappa shape index (κ1) is 16.5. The average molecular weight is 298 g/mol. The number of carbonyl (C=O) groups excluding carboxylic acids is 2. The van der Waals surface area contributed by atoms with Crippen molar-refractivity contribution in [1.82, 2.24) is 4.90 Å². The number of hydrogen-bond acceptors (Lipinski definition) is 3. The van der Waals surface area contributed by atoms with Crippen molar-refractivity contribution in [2.75, 3.05) is 13.2 Å². The SMILES string of the molecule is CCOC(=O)CN(C(=O)c1cccc(C)c1Cl)C(C)C. The summed E-state index contributed by atoms with van der Waals surface area (Å²) in [6.07, 6.45) is 0. The van der Waals surface area contributed by atoms with E-state index in [9.17, 15) is 9.59 Å². The summed E-state index contributed by atoms with van der Waals surface area (Å²) in [6, 6.07) is 5.16. The van der Waals surface area contributed by atoms with Gasteiger partial charge in [-0.25, -0.2) is 0 Å². The summed E-state index contributed by atoms with van der Waals surface area (Å²) in [7, 11) is 0. The molecule has 0 aliphatic rings. The van der Waals surface area contributed by atoms with Crippen LogP contribution in [-0.4, -0.2) is 36.0 Å².